The Kier molecular flexibility index (Phi) is 5.54. The summed E-state index contributed by atoms with van der Waals surface area (Å²) in [6, 6.07) is 8.38. The van der Waals surface area contributed by atoms with Crippen LogP contribution in [0.4, 0.5) is 4.79 Å². The van der Waals surface area contributed by atoms with Gasteiger partial charge in [-0.3, -0.25) is 4.79 Å². The van der Waals surface area contributed by atoms with Gasteiger partial charge in [-0.15, -0.1) is 0 Å². The van der Waals surface area contributed by atoms with Gasteiger partial charge >= 0.3 is 12.0 Å². The molecule has 0 saturated carbocycles. The Morgan fingerprint density at radius 1 is 0.867 bits per heavy atom. The molecule has 2 heterocycles. The fourth-order valence-corrected chi connectivity index (χ4v) is 4.97. The van der Waals surface area contributed by atoms with E-state index in [-0.39, 0.29) is 12.5 Å². The van der Waals surface area contributed by atoms with Gasteiger partial charge in [-0.1, -0.05) is 29.8 Å². The predicted octanol–water partition coefficient (Wildman–Crippen LogP) is 4.83. The van der Waals surface area contributed by atoms with Gasteiger partial charge in [0.2, 0.25) is 0 Å². The van der Waals surface area contributed by atoms with E-state index >= 15 is 0 Å². The number of carbonyl (C=O) groups excluding carboxylic acids is 1. The van der Waals surface area contributed by atoms with Crippen LogP contribution < -0.4 is 0 Å². The maximum Gasteiger partial charge on any atom is 0.320 e. The van der Waals surface area contributed by atoms with E-state index in [1.807, 2.05) is 23.6 Å². The lowest BCUT2D eigenvalue weighted by Crippen LogP contribution is -2.43. The fraction of sp³-hybridized carbons (Fsp3) is 0.440. The van der Waals surface area contributed by atoms with E-state index in [1.165, 1.54) is 17.5 Å². The second kappa shape index (κ2) is 8.13. The molecule has 5 heteroatoms. The minimum atomic E-state index is -0.829. The van der Waals surface area contributed by atoms with Crippen molar-refractivity contribution in [3.05, 3.63) is 57.6 Å². The highest BCUT2D eigenvalue weighted by atomic mass is 16.4. The first-order chi connectivity index (χ1) is 14.4. The van der Waals surface area contributed by atoms with Crippen molar-refractivity contribution in [2.75, 3.05) is 13.1 Å². The zero-order valence-corrected chi connectivity index (χ0v) is 18.1. The van der Waals surface area contributed by atoms with E-state index in [1.54, 1.807) is 0 Å². The molecule has 0 spiro atoms. The van der Waals surface area contributed by atoms with Crippen LogP contribution >= 0.6 is 0 Å². The first-order valence-electron chi connectivity index (χ1n) is 10.8. The van der Waals surface area contributed by atoms with Crippen molar-refractivity contribution in [1.82, 2.24) is 9.80 Å². The number of piperidine rings is 1. The summed E-state index contributed by atoms with van der Waals surface area (Å²) >= 11 is 0. The van der Waals surface area contributed by atoms with Gasteiger partial charge in [0.1, 0.15) is 0 Å². The number of fused-ring (bicyclic) bond motifs is 1. The summed E-state index contributed by atoms with van der Waals surface area (Å²) < 4.78 is 0. The van der Waals surface area contributed by atoms with Gasteiger partial charge in [0.05, 0.1) is 6.42 Å². The number of urea groups is 1. The average molecular weight is 407 g/mol. The fourth-order valence-electron chi connectivity index (χ4n) is 4.97. The second-order valence-electron chi connectivity index (χ2n) is 8.68. The lowest BCUT2D eigenvalue weighted by molar-refractivity contribution is -0.136. The minimum absolute atomic E-state index is 0.0107. The first kappa shape index (κ1) is 20.5. The largest absolute Gasteiger partial charge is 0.481 e. The molecule has 1 saturated heterocycles. The number of aryl methyl sites for hydroxylation is 1. The van der Waals surface area contributed by atoms with Crippen molar-refractivity contribution >= 4 is 12.0 Å². The monoisotopic (exact) mass is 406 g/mol. The molecule has 4 rings (SSSR count). The van der Waals surface area contributed by atoms with E-state index < -0.39 is 5.97 Å². The van der Waals surface area contributed by atoms with E-state index in [4.69, 9.17) is 0 Å². The van der Waals surface area contributed by atoms with Gasteiger partial charge in [0.25, 0.3) is 0 Å². The van der Waals surface area contributed by atoms with Crippen LogP contribution in [0, 0.1) is 20.8 Å². The molecule has 0 radical (unpaired) electrons. The molecule has 0 atom stereocenters. The van der Waals surface area contributed by atoms with Crippen LogP contribution in [0.15, 0.2) is 24.3 Å². The lowest BCUT2D eigenvalue weighted by Gasteiger charge is -2.30. The van der Waals surface area contributed by atoms with Gasteiger partial charge in [-0.25, -0.2) is 4.79 Å². The molecule has 2 aromatic rings. The highest BCUT2D eigenvalue weighted by Crippen LogP contribution is 2.40. The van der Waals surface area contributed by atoms with Crippen molar-refractivity contribution in [3.63, 3.8) is 0 Å². The molecule has 1 fully saturated rings. The number of hydrogen-bond donors (Lipinski definition) is 1. The second-order valence-corrected chi connectivity index (χ2v) is 8.68. The van der Waals surface area contributed by atoms with Gasteiger partial charge in [-0.2, -0.15) is 0 Å². The zero-order valence-electron chi connectivity index (χ0n) is 18.1. The molecule has 5 nitrogen and oxygen atoms in total. The van der Waals surface area contributed by atoms with Crippen LogP contribution in [0.25, 0.3) is 11.1 Å². The van der Waals surface area contributed by atoms with Crippen molar-refractivity contribution < 1.29 is 14.7 Å². The number of hydrogen-bond acceptors (Lipinski definition) is 2. The smallest absolute Gasteiger partial charge is 0.320 e. The molecule has 2 aromatic carbocycles. The number of nitrogens with zero attached hydrogens (tertiary/aromatic N) is 2. The number of carboxylic acids is 1. The summed E-state index contributed by atoms with van der Waals surface area (Å²) in [6.45, 7) is 8.98. The van der Waals surface area contributed by atoms with Crippen LogP contribution in [0.2, 0.25) is 0 Å². The minimum Gasteiger partial charge on any atom is -0.481 e. The third kappa shape index (κ3) is 3.69. The SMILES string of the molecule is Cc1ccc(-c2c(C)c3c(c(C)c2CC(=O)O)CN(C(=O)N2CCCCC2)C3)cc1. The summed E-state index contributed by atoms with van der Waals surface area (Å²) in [5, 5.41) is 9.59. The average Bonchev–Trinajstić information content (AvgIpc) is 3.19. The van der Waals surface area contributed by atoms with Crippen molar-refractivity contribution in [2.24, 2.45) is 0 Å². The van der Waals surface area contributed by atoms with Crippen LogP contribution in [-0.2, 0) is 24.3 Å². The van der Waals surface area contributed by atoms with Crippen molar-refractivity contribution in [1.29, 1.82) is 0 Å². The number of carboxylic acid groups (broad SMARTS) is 1. The standard InChI is InChI=1S/C25H30N2O3/c1-16-7-9-19(10-8-16)24-18(3)22-15-27(25(30)26-11-5-4-6-12-26)14-21(22)17(2)20(24)13-23(28)29/h7-10H,4-6,11-15H2,1-3H3,(H,28,29). The molecule has 30 heavy (non-hydrogen) atoms. The first-order valence-corrected chi connectivity index (χ1v) is 10.8. The van der Waals surface area contributed by atoms with Crippen molar-refractivity contribution in [2.45, 2.75) is 59.5 Å². The van der Waals surface area contributed by atoms with Gasteiger partial charge in [0, 0.05) is 26.2 Å². The Bertz CT molecular complexity index is 989. The van der Waals surface area contributed by atoms with E-state index in [0.29, 0.717) is 13.1 Å². The molecule has 0 unspecified atom stereocenters. The summed E-state index contributed by atoms with van der Waals surface area (Å²) in [5.41, 5.74) is 8.53. The Morgan fingerprint density at radius 2 is 1.47 bits per heavy atom. The number of aliphatic carboxylic acids is 1. The Labute approximate surface area is 178 Å². The molecular weight excluding hydrogens is 376 g/mol. The molecule has 158 valence electrons. The van der Waals surface area contributed by atoms with Gasteiger partial charge in [0.15, 0.2) is 0 Å². The Hall–Kier alpha value is -2.82. The predicted molar refractivity (Wildman–Crippen MR) is 117 cm³/mol. The highest BCUT2D eigenvalue weighted by molar-refractivity contribution is 5.83. The number of likely N-dealkylation sites (tertiary alicyclic amines) is 1. The summed E-state index contributed by atoms with van der Waals surface area (Å²) in [5.74, 6) is -0.829. The van der Waals surface area contributed by atoms with Crippen LogP contribution in [0.1, 0.15) is 52.6 Å². The number of amides is 2. The highest BCUT2D eigenvalue weighted by Gasteiger charge is 2.32. The number of carbonyl (C=O) groups is 2. The topological polar surface area (TPSA) is 60.9 Å². The Balaban J connectivity index is 1.76. The molecule has 1 N–H and O–H groups in total. The lowest BCUT2D eigenvalue weighted by atomic mass is 9.84. The maximum atomic E-state index is 13.1. The molecule has 0 aromatic heterocycles. The summed E-state index contributed by atoms with van der Waals surface area (Å²) in [6.07, 6.45) is 3.33. The molecule has 2 aliphatic heterocycles. The summed E-state index contributed by atoms with van der Waals surface area (Å²) in [4.78, 5) is 28.7. The molecule has 0 aliphatic carbocycles. The molecule has 2 aliphatic rings. The third-order valence-corrected chi connectivity index (χ3v) is 6.66. The van der Waals surface area contributed by atoms with E-state index in [2.05, 4.69) is 31.2 Å². The van der Waals surface area contributed by atoms with Gasteiger partial charge < -0.3 is 14.9 Å². The molecular formula is C25H30N2O3. The van der Waals surface area contributed by atoms with E-state index in [0.717, 1.165) is 59.3 Å². The van der Waals surface area contributed by atoms with E-state index in [9.17, 15) is 14.7 Å². The van der Waals surface area contributed by atoms with Crippen LogP contribution in [0.5, 0.6) is 0 Å². The van der Waals surface area contributed by atoms with Gasteiger partial charge in [-0.05, 0) is 79.0 Å². The molecule has 2 amide bonds. The van der Waals surface area contributed by atoms with Crippen LogP contribution in [0.3, 0.4) is 0 Å². The quantitative estimate of drug-likeness (QED) is 0.794. The number of rotatable bonds is 3. The zero-order chi connectivity index (χ0) is 21.4. The summed E-state index contributed by atoms with van der Waals surface area (Å²) in [7, 11) is 0. The van der Waals surface area contributed by atoms with Crippen molar-refractivity contribution in [3.8, 4) is 11.1 Å². The number of benzene rings is 2. The maximum absolute atomic E-state index is 13.1. The Morgan fingerprint density at radius 3 is 2.07 bits per heavy atom. The van der Waals surface area contributed by atoms with Crippen LogP contribution in [-0.4, -0.2) is 40.0 Å². The third-order valence-electron chi connectivity index (χ3n) is 6.66. The molecule has 0 bridgehead atoms. The normalized spacial score (nSPS) is 16.0.